The van der Waals surface area contributed by atoms with E-state index in [0.717, 1.165) is 0 Å². The topological polar surface area (TPSA) is 66.4 Å². The third kappa shape index (κ3) is 4.65. The molecular weight excluding hydrogens is 238 g/mol. The lowest BCUT2D eigenvalue weighted by Gasteiger charge is -2.19. The molecule has 0 bridgehead atoms. The summed E-state index contributed by atoms with van der Waals surface area (Å²) < 4.78 is 26.3. The molecule has 1 aromatic rings. The van der Waals surface area contributed by atoms with Gasteiger partial charge in [0.1, 0.15) is 5.75 Å². The van der Waals surface area contributed by atoms with E-state index in [4.69, 9.17) is 0 Å². The van der Waals surface area contributed by atoms with Gasteiger partial charge in [-0.05, 0) is 36.1 Å². The Morgan fingerprint density at radius 2 is 1.88 bits per heavy atom. The summed E-state index contributed by atoms with van der Waals surface area (Å²) in [5.41, 5.74) is 0.908. The largest absolute Gasteiger partial charge is 0.508 e. The van der Waals surface area contributed by atoms with Crippen LogP contribution < -0.4 is 4.72 Å². The molecular formula is C12H19NO3S. The van der Waals surface area contributed by atoms with Crippen LogP contribution in [0.1, 0.15) is 26.3 Å². The molecule has 1 aromatic carbocycles. The van der Waals surface area contributed by atoms with Crippen LogP contribution in [0.2, 0.25) is 0 Å². The Balaban J connectivity index is 2.91. The van der Waals surface area contributed by atoms with Crippen molar-refractivity contribution in [1.82, 2.24) is 0 Å². The van der Waals surface area contributed by atoms with Gasteiger partial charge < -0.3 is 5.11 Å². The number of hydrogen-bond donors (Lipinski definition) is 2. The van der Waals surface area contributed by atoms with Crippen LogP contribution >= 0.6 is 0 Å². The van der Waals surface area contributed by atoms with Crippen LogP contribution in [-0.4, -0.2) is 19.3 Å². The van der Waals surface area contributed by atoms with Gasteiger partial charge in [-0.3, -0.25) is 4.72 Å². The Hall–Kier alpha value is -1.23. The maximum absolute atomic E-state index is 11.9. The number of phenols is 1. The first-order chi connectivity index (χ1) is 7.59. The summed E-state index contributed by atoms with van der Waals surface area (Å²) in [7, 11) is -3.36. The van der Waals surface area contributed by atoms with Gasteiger partial charge in [0.2, 0.25) is 10.0 Å². The number of phenolic OH excluding ortho intramolecular Hbond substituents is 1. The number of anilines is 1. The predicted octanol–water partition coefficient (Wildman–Crippen LogP) is 2.49. The van der Waals surface area contributed by atoms with Crippen molar-refractivity contribution in [3.63, 3.8) is 0 Å². The van der Waals surface area contributed by atoms with Crippen LogP contribution in [-0.2, 0) is 10.0 Å². The average Bonchev–Trinajstić information content (AvgIpc) is 2.05. The maximum Gasteiger partial charge on any atom is 0.233 e. The Morgan fingerprint density at radius 1 is 1.29 bits per heavy atom. The summed E-state index contributed by atoms with van der Waals surface area (Å²) in [4.78, 5) is 0. The molecule has 4 nitrogen and oxygen atoms in total. The maximum atomic E-state index is 11.9. The van der Waals surface area contributed by atoms with Crippen LogP contribution in [0.5, 0.6) is 5.75 Å². The van der Waals surface area contributed by atoms with Gasteiger partial charge in [-0.25, -0.2) is 8.42 Å². The van der Waals surface area contributed by atoms with Crippen LogP contribution in [0.25, 0.3) is 0 Å². The molecule has 0 amide bonds. The number of hydrogen-bond acceptors (Lipinski definition) is 3. The van der Waals surface area contributed by atoms with E-state index in [0.29, 0.717) is 11.3 Å². The summed E-state index contributed by atoms with van der Waals surface area (Å²) >= 11 is 0. The van der Waals surface area contributed by atoms with Crippen LogP contribution in [0, 0.1) is 12.3 Å². The van der Waals surface area contributed by atoms with Crippen LogP contribution in [0.3, 0.4) is 0 Å². The molecule has 0 spiro atoms. The standard InChI is InChI=1S/C12H19NO3S/c1-9-7-10(14)5-6-11(9)13-17(15,16)8-12(2,3)4/h5-7,13-14H,8H2,1-4H3. The zero-order valence-corrected chi connectivity index (χ0v) is 11.4. The fraction of sp³-hybridized carbons (Fsp3) is 0.500. The normalized spacial score (nSPS) is 12.5. The molecule has 0 heterocycles. The molecule has 17 heavy (non-hydrogen) atoms. The minimum Gasteiger partial charge on any atom is -0.508 e. The zero-order chi connectivity index (χ0) is 13.3. The van der Waals surface area contributed by atoms with Crippen molar-refractivity contribution < 1.29 is 13.5 Å². The van der Waals surface area contributed by atoms with Crippen molar-refractivity contribution in [2.45, 2.75) is 27.7 Å². The van der Waals surface area contributed by atoms with Crippen molar-refractivity contribution in [2.75, 3.05) is 10.5 Å². The fourth-order valence-corrected chi connectivity index (χ4v) is 3.31. The number of benzene rings is 1. The number of rotatable bonds is 3. The van der Waals surface area contributed by atoms with Crippen molar-refractivity contribution >= 4 is 15.7 Å². The highest BCUT2D eigenvalue weighted by Crippen LogP contribution is 2.23. The summed E-state index contributed by atoms with van der Waals surface area (Å²) in [6, 6.07) is 4.54. The number of aromatic hydroxyl groups is 1. The van der Waals surface area contributed by atoms with Gasteiger partial charge in [0.15, 0.2) is 0 Å². The Labute approximate surface area is 103 Å². The molecule has 0 aliphatic rings. The third-order valence-corrected chi connectivity index (χ3v) is 3.88. The molecule has 0 unspecified atom stereocenters. The molecule has 0 atom stereocenters. The highest BCUT2D eigenvalue weighted by atomic mass is 32.2. The lowest BCUT2D eigenvalue weighted by molar-refractivity contribution is 0.463. The van der Waals surface area contributed by atoms with E-state index in [-0.39, 0.29) is 16.9 Å². The Kier molecular flexibility index (Phi) is 3.71. The molecule has 1 rings (SSSR count). The van der Waals surface area contributed by atoms with E-state index in [1.165, 1.54) is 12.1 Å². The van der Waals surface area contributed by atoms with Gasteiger partial charge in [-0.1, -0.05) is 20.8 Å². The first-order valence-corrected chi connectivity index (χ1v) is 7.04. The number of aryl methyl sites for hydroxylation is 1. The SMILES string of the molecule is Cc1cc(O)ccc1NS(=O)(=O)CC(C)(C)C. The van der Waals surface area contributed by atoms with Gasteiger partial charge in [-0.15, -0.1) is 0 Å². The summed E-state index contributed by atoms with van der Waals surface area (Å²) in [6.07, 6.45) is 0. The summed E-state index contributed by atoms with van der Waals surface area (Å²) in [5, 5.41) is 9.25. The molecule has 0 saturated carbocycles. The molecule has 0 fully saturated rings. The zero-order valence-electron chi connectivity index (χ0n) is 10.6. The monoisotopic (exact) mass is 257 g/mol. The number of sulfonamides is 1. The van der Waals surface area contributed by atoms with Gasteiger partial charge >= 0.3 is 0 Å². The van der Waals surface area contributed by atoms with Gasteiger partial charge in [-0.2, -0.15) is 0 Å². The first-order valence-electron chi connectivity index (χ1n) is 5.39. The highest BCUT2D eigenvalue weighted by molar-refractivity contribution is 7.92. The molecule has 0 aliphatic carbocycles. The molecule has 96 valence electrons. The van der Waals surface area contributed by atoms with E-state index in [9.17, 15) is 13.5 Å². The van der Waals surface area contributed by atoms with Crippen LogP contribution in [0.15, 0.2) is 18.2 Å². The Bertz CT molecular complexity index is 501. The quantitative estimate of drug-likeness (QED) is 0.817. The highest BCUT2D eigenvalue weighted by Gasteiger charge is 2.21. The molecule has 0 aromatic heterocycles. The molecule has 0 radical (unpaired) electrons. The smallest absolute Gasteiger partial charge is 0.233 e. The minimum absolute atomic E-state index is 0.0559. The van der Waals surface area contributed by atoms with Crippen molar-refractivity contribution in [1.29, 1.82) is 0 Å². The fourth-order valence-electron chi connectivity index (χ4n) is 1.54. The molecule has 0 saturated heterocycles. The summed E-state index contributed by atoms with van der Waals surface area (Å²) in [6.45, 7) is 7.36. The second-order valence-corrected chi connectivity index (χ2v) is 7.14. The molecule has 0 aliphatic heterocycles. The first kappa shape index (κ1) is 13.8. The number of nitrogens with one attached hydrogen (secondary N) is 1. The predicted molar refractivity (Wildman–Crippen MR) is 69.7 cm³/mol. The molecule has 2 N–H and O–H groups in total. The van der Waals surface area contributed by atoms with Gasteiger partial charge in [0.05, 0.1) is 11.4 Å². The van der Waals surface area contributed by atoms with Crippen molar-refractivity contribution in [2.24, 2.45) is 5.41 Å². The van der Waals surface area contributed by atoms with Crippen LogP contribution in [0.4, 0.5) is 5.69 Å². The van der Waals surface area contributed by atoms with Gasteiger partial charge in [0, 0.05) is 0 Å². The lowest BCUT2D eigenvalue weighted by Crippen LogP contribution is -2.26. The van der Waals surface area contributed by atoms with E-state index in [1.54, 1.807) is 13.0 Å². The van der Waals surface area contributed by atoms with E-state index >= 15 is 0 Å². The van der Waals surface area contributed by atoms with E-state index < -0.39 is 10.0 Å². The second kappa shape index (κ2) is 4.56. The van der Waals surface area contributed by atoms with E-state index in [2.05, 4.69) is 4.72 Å². The third-order valence-electron chi connectivity index (χ3n) is 2.10. The minimum atomic E-state index is -3.36. The lowest BCUT2D eigenvalue weighted by atomic mass is 10.0. The van der Waals surface area contributed by atoms with Gasteiger partial charge in [0.25, 0.3) is 0 Å². The van der Waals surface area contributed by atoms with E-state index in [1.807, 2.05) is 20.8 Å². The average molecular weight is 257 g/mol. The van der Waals surface area contributed by atoms with Crippen molar-refractivity contribution in [3.8, 4) is 5.75 Å². The summed E-state index contributed by atoms with van der Waals surface area (Å²) in [5.74, 6) is 0.182. The molecule has 5 heteroatoms. The van der Waals surface area contributed by atoms with Crippen molar-refractivity contribution in [3.05, 3.63) is 23.8 Å². The Morgan fingerprint density at radius 3 is 2.35 bits per heavy atom. The second-order valence-electron chi connectivity index (χ2n) is 5.42.